The van der Waals surface area contributed by atoms with Gasteiger partial charge in [0.05, 0.1) is 17.0 Å². The van der Waals surface area contributed by atoms with Crippen molar-refractivity contribution in [2.45, 2.75) is 26.1 Å². The molecule has 0 aliphatic rings. The van der Waals surface area contributed by atoms with Crippen LogP contribution in [0.25, 0.3) is 0 Å². The Balaban J connectivity index is 1.54. The van der Waals surface area contributed by atoms with Crippen LogP contribution in [0.1, 0.15) is 32.6 Å². The molecular weight excluding hydrogens is 394 g/mol. The van der Waals surface area contributed by atoms with Gasteiger partial charge in [0, 0.05) is 24.7 Å². The number of rotatable bonds is 8. The fourth-order valence-corrected chi connectivity index (χ4v) is 3.93. The maximum Gasteiger partial charge on any atom is 0.253 e. The highest BCUT2D eigenvalue weighted by Crippen LogP contribution is 2.18. The Morgan fingerprint density at radius 2 is 1.73 bits per heavy atom. The van der Waals surface area contributed by atoms with Crippen LogP contribution in [-0.2, 0) is 17.1 Å². The zero-order valence-corrected chi connectivity index (χ0v) is 18.0. The molecule has 0 aliphatic heterocycles. The Morgan fingerprint density at radius 1 is 0.967 bits per heavy atom. The molecule has 0 fully saturated rings. The molecule has 3 rings (SSSR count). The van der Waals surface area contributed by atoms with E-state index in [2.05, 4.69) is 47.7 Å². The summed E-state index contributed by atoms with van der Waals surface area (Å²) in [4.78, 5) is 29.1. The van der Waals surface area contributed by atoms with E-state index in [9.17, 15) is 9.59 Å². The average molecular weight is 420 g/mol. The summed E-state index contributed by atoms with van der Waals surface area (Å²) in [5.41, 5.74) is 5.52. The van der Waals surface area contributed by atoms with Gasteiger partial charge in [-0.1, -0.05) is 47.5 Å². The van der Waals surface area contributed by atoms with Crippen molar-refractivity contribution >= 4 is 29.3 Å². The number of aryl methyl sites for hydroxylation is 2. The second-order valence-corrected chi connectivity index (χ2v) is 8.11. The Kier molecular flexibility index (Phi) is 7.63. The van der Waals surface area contributed by atoms with Crippen LogP contribution in [-0.4, -0.2) is 22.6 Å². The molecule has 0 bridgehead atoms. The number of nitrogens with one attached hydrogen (secondary N) is 2. The van der Waals surface area contributed by atoms with E-state index in [4.69, 9.17) is 0 Å². The van der Waals surface area contributed by atoms with Crippen LogP contribution in [0.3, 0.4) is 0 Å². The number of carbonyl (C=O) groups excluding carboxylic acids is 2. The fraction of sp³-hybridized carbons (Fsp3) is 0.208. The molecule has 0 unspecified atom stereocenters. The monoisotopic (exact) mass is 419 g/mol. The third-order valence-corrected chi connectivity index (χ3v) is 5.41. The third kappa shape index (κ3) is 6.46. The van der Waals surface area contributed by atoms with Crippen LogP contribution in [0, 0.1) is 13.8 Å². The van der Waals surface area contributed by atoms with Crippen molar-refractivity contribution in [3.8, 4) is 0 Å². The van der Waals surface area contributed by atoms with Crippen molar-refractivity contribution < 1.29 is 9.59 Å². The van der Waals surface area contributed by atoms with Crippen LogP contribution in [0.2, 0.25) is 0 Å². The minimum Gasteiger partial charge on any atom is -0.348 e. The normalized spacial score (nSPS) is 10.5. The number of amides is 2. The molecule has 30 heavy (non-hydrogen) atoms. The maximum absolute atomic E-state index is 12.6. The SMILES string of the molecule is Cc1cc(C)cc(CSCC(=O)Nc2ccccc2C(=O)NCc2cccnc2)c1. The lowest BCUT2D eigenvalue weighted by molar-refractivity contribution is -0.113. The molecule has 1 heterocycles. The van der Waals surface area contributed by atoms with Gasteiger partial charge in [-0.05, 0) is 43.2 Å². The second-order valence-electron chi connectivity index (χ2n) is 7.13. The highest BCUT2D eigenvalue weighted by molar-refractivity contribution is 7.99. The van der Waals surface area contributed by atoms with Gasteiger partial charge in [-0.2, -0.15) is 0 Å². The number of para-hydroxylation sites is 1. The van der Waals surface area contributed by atoms with Gasteiger partial charge in [-0.3, -0.25) is 14.6 Å². The fourth-order valence-electron chi connectivity index (χ4n) is 3.17. The summed E-state index contributed by atoms with van der Waals surface area (Å²) in [6.45, 7) is 4.52. The van der Waals surface area contributed by atoms with Crippen LogP contribution in [0.15, 0.2) is 67.0 Å². The molecule has 6 heteroatoms. The van der Waals surface area contributed by atoms with Gasteiger partial charge >= 0.3 is 0 Å². The zero-order chi connectivity index (χ0) is 21.3. The molecule has 1 aromatic heterocycles. The summed E-state index contributed by atoms with van der Waals surface area (Å²) in [7, 11) is 0. The molecule has 0 radical (unpaired) electrons. The molecule has 2 amide bonds. The van der Waals surface area contributed by atoms with Crippen LogP contribution in [0.5, 0.6) is 0 Å². The standard InChI is InChI=1S/C24H25N3O2S/c1-17-10-18(2)12-20(11-17)15-30-16-23(28)27-22-8-4-3-7-21(22)24(29)26-14-19-6-5-9-25-13-19/h3-13H,14-16H2,1-2H3,(H,26,29)(H,27,28). The lowest BCUT2D eigenvalue weighted by Crippen LogP contribution is -2.25. The number of benzene rings is 2. The smallest absolute Gasteiger partial charge is 0.253 e. The van der Waals surface area contributed by atoms with Gasteiger partial charge < -0.3 is 10.6 Å². The quantitative estimate of drug-likeness (QED) is 0.564. The highest BCUT2D eigenvalue weighted by Gasteiger charge is 2.13. The zero-order valence-electron chi connectivity index (χ0n) is 17.1. The van der Waals surface area contributed by atoms with Crippen molar-refractivity contribution in [1.82, 2.24) is 10.3 Å². The van der Waals surface area contributed by atoms with Crippen LogP contribution >= 0.6 is 11.8 Å². The van der Waals surface area contributed by atoms with Crippen molar-refractivity contribution in [2.24, 2.45) is 0 Å². The third-order valence-electron chi connectivity index (χ3n) is 4.41. The number of anilines is 1. The predicted molar refractivity (Wildman–Crippen MR) is 123 cm³/mol. The number of thioether (sulfide) groups is 1. The molecule has 0 saturated carbocycles. The Morgan fingerprint density at radius 3 is 2.47 bits per heavy atom. The van der Waals surface area contributed by atoms with Crippen molar-refractivity contribution in [3.05, 3.63) is 94.8 Å². The second kappa shape index (κ2) is 10.6. The van der Waals surface area contributed by atoms with Gasteiger partial charge in [0.25, 0.3) is 5.91 Å². The van der Waals surface area contributed by atoms with Crippen LogP contribution in [0.4, 0.5) is 5.69 Å². The van der Waals surface area contributed by atoms with Gasteiger partial charge in [-0.15, -0.1) is 11.8 Å². The number of carbonyl (C=O) groups is 2. The largest absolute Gasteiger partial charge is 0.348 e. The van der Waals surface area contributed by atoms with Gasteiger partial charge in [0.1, 0.15) is 0 Å². The van der Waals surface area contributed by atoms with Gasteiger partial charge in [0.15, 0.2) is 0 Å². The van der Waals surface area contributed by atoms with E-state index >= 15 is 0 Å². The molecule has 154 valence electrons. The first kappa shape index (κ1) is 21.6. The lowest BCUT2D eigenvalue weighted by atomic mass is 10.1. The average Bonchev–Trinajstić information content (AvgIpc) is 2.72. The topological polar surface area (TPSA) is 71.1 Å². The molecule has 3 aromatic rings. The summed E-state index contributed by atoms with van der Waals surface area (Å²) in [6.07, 6.45) is 3.40. The molecule has 0 spiro atoms. The minimum atomic E-state index is -0.238. The molecular formula is C24H25N3O2S. The van der Waals surface area contributed by atoms with E-state index in [1.54, 1.807) is 48.4 Å². The first-order valence-corrected chi connectivity index (χ1v) is 10.9. The molecule has 0 atom stereocenters. The Bertz CT molecular complexity index is 1000. The maximum atomic E-state index is 12.6. The summed E-state index contributed by atoms with van der Waals surface area (Å²) in [5, 5.41) is 5.73. The first-order valence-electron chi connectivity index (χ1n) is 9.72. The number of hydrogen-bond donors (Lipinski definition) is 2. The Labute approximate surface area is 181 Å². The summed E-state index contributed by atoms with van der Waals surface area (Å²) >= 11 is 1.55. The van der Waals surface area contributed by atoms with E-state index in [0.717, 1.165) is 11.3 Å². The van der Waals surface area contributed by atoms with Crippen molar-refractivity contribution in [1.29, 1.82) is 0 Å². The van der Waals surface area contributed by atoms with Crippen LogP contribution < -0.4 is 10.6 Å². The number of hydrogen-bond acceptors (Lipinski definition) is 4. The first-order chi connectivity index (χ1) is 14.5. The predicted octanol–water partition coefficient (Wildman–Crippen LogP) is 4.50. The minimum absolute atomic E-state index is 0.128. The van der Waals surface area contributed by atoms with E-state index in [1.807, 2.05) is 12.1 Å². The summed E-state index contributed by atoms with van der Waals surface area (Å²) in [6, 6.07) is 17.2. The molecule has 2 N–H and O–H groups in total. The molecule has 0 saturated heterocycles. The summed E-state index contributed by atoms with van der Waals surface area (Å²) in [5.74, 6) is 0.719. The van der Waals surface area contributed by atoms with Gasteiger partial charge in [-0.25, -0.2) is 0 Å². The Hall–Kier alpha value is -3.12. The van der Waals surface area contributed by atoms with Gasteiger partial charge in [0.2, 0.25) is 5.91 Å². The van der Waals surface area contributed by atoms with E-state index in [0.29, 0.717) is 23.5 Å². The molecule has 5 nitrogen and oxygen atoms in total. The molecule has 0 aliphatic carbocycles. The van der Waals surface area contributed by atoms with E-state index < -0.39 is 0 Å². The molecule has 2 aromatic carbocycles. The highest BCUT2D eigenvalue weighted by atomic mass is 32.2. The lowest BCUT2D eigenvalue weighted by Gasteiger charge is -2.11. The van der Waals surface area contributed by atoms with E-state index in [-0.39, 0.29) is 11.8 Å². The number of nitrogens with zero attached hydrogens (tertiary/aromatic N) is 1. The number of pyridine rings is 1. The summed E-state index contributed by atoms with van der Waals surface area (Å²) < 4.78 is 0. The van der Waals surface area contributed by atoms with Crippen molar-refractivity contribution in [3.63, 3.8) is 0 Å². The van der Waals surface area contributed by atoms with Crippen molar-refractivity contribution in [2.75, 3.05) is 11.1 Å². The van der Waals surface area contributed by atoms with E-state index in [1.165, 1.54) is 16.7 Å². The number of aromatic nitrogens is 1.